The lowest BCUT2D eigenvalue weighted by Crippen LogP contribution is -2.22. The lowest BCUT2D eigenvalue weighted by Gasteiger charge is -2.15. The predicted octanol–water partition coefficient (Wildman–Crippen LogP) is 3.67. The molecule has 0 aliphatic rings. The molecule has 0 unspecified atom stereocenters. The van der Waals surface area contributed by atoms with Gasteiger partial charge in [0.1, 0.15) is 23.9 Å². The van der Waals surface area contributed by atoms with Gasteiger partial charge in [-0.1, -0.05) is 18.2 Å². The maximum absolute atomic E-state index is 12.7. The first-order valence-corrected chi connectivity index (χ1v) is 9.09. The molecule has 2 aromatic carbocycles. The summed E-state index contributed by atoms with van der Waals surface area (Å²) < 4.78 is 18.1. The van der Waals surface area contributed by atoms with E-state index in [1.54, 1.807) is 37.0 Å². The molecule has 0 saturated carbocycles. The first-order chi connectivity index (χ1) is 14.0. The zero-order valence-electron chi connectivity index (χ0n) is 16.6. The largest absolute Gasteiger partial charge is 0.497 e. The van der Waals surface area contributed by atoms with Crippen LogP contribution in [-0.2, 0) is 13.2 Å². The molecule has 0 radical (unpaired) electrons. The molecule has 0 N–H and O–H groups in total. The van der Waals surface area contributed by atoms with Crippen LogP contribution >= 0.6 is 0 Å². The zero-order chi connectivity index (χ0) is 20.8. The molecule has 0 bridgehead atoms. The summed E-state index contributed by atoms with van der Waals surface area (Å²) in [6, 6.07) is 18.2. The van der Waals surface area contributed by atoms with E-state index in [1.165, 1.54) is 6.07 Å². The van der Waals surface area contributed by atoms with Crippen LogP contribution in [0.25, 0.3) is 0 Å². The topological polar surface area (TPSA) is 73.5 Å². The highest BCUT2D eigenvalue weighted by Gasteiger charge is 2.11. The normalized spacial score (nSPS) is 10.3. The summed E-state index contributed by atoms with van der Waals surface area (Å²) in [7, 11) is 3.18. The quantitative estimate of drug-likeness (QED) is 0.615. The Morgan fingerprint density at radius 2 is 1.76 bits per heavy atom. The van der Waals surface area contributed by atoms with Gasteiger partial charge in [-0.25, -0.2) is 0 Å². The first-order valence-electron chi connectivity index (χ1n) is 9.09. The summed E-state index contributed by atoms with van der Waals surface area (Å²) in [5.74, 6) is 1.82. The standard InChI is InChI=1S/C23H22N2O4/c1-16-10-21(29-15-19-7-5-4-6-17(19)13-24)12-23(26)25(16)14-18-8-9-20(27-2)11-22(18)28-3/h4-12H,14-15H2,1-3H3. The van der Waals surface area contributed by atoms with Crippen LogP contribution in [-0.4, -0.2) is 18.8 Å². The van der Waals surface area contributed by atoms with Crippen LogP contribution in [0.2, 0.25) is 0 Å². The molecule has 1 heterocycles. The third-order valence-electron chi connectivity index (χ3n) is 4.66. The Kier molecular flexibility index (Phi) is 6.20. The number of benzene rings is 2. The molecule has 29 heavy (non-hydrogen) atoms. The molecular formula is C23H22N2O4. The Morgan fingerprint density at radius 3 is 2.45 bits per heavy atom. The maximum atomic E-state index is 12.7. The third-order valence-corrected chi connectivity index (χ3v) is 4.66. The fraction of sp³-hybridized carbons (Fsp3) is 0.217. The Bertz CT molecular complexity index is 1110. The molecule has 3 rings (SSSR count). The van der Waals surface area contributed by atoms with Crippen LogP contribution in [0.15, 0.2) is 59.4 Å². The second-order valence-electron chi connectivity index (χ2n) is 6.49. The van der Waals surface area contributed by atoms with Gasteiger partial charge >= 0.3 is 0 Å². The van der Waals surface area contributed by atoms with Crippen LogP contribution in [0.5, 0.6) is 17.2 Å². The lowest BCUT2D eigenvalue weighted by atomic mass is 10.1. The smallest absolute Gasteiger partial charge is 0.254 e. The van der Waals surface area contributed by atoms with Crippen molar-refractivity contribution in [1.82, 2.24) is 4.57 Å². The number of hydrogen-bond acceptors (Lipinski definition) is 5. The molecule has 0 aliphatic carbocycles. The number of nitrogens with zero attached hydrogens (tertiary/aromatic N) is 2. The van der Waals surface area contributed by atoms with Crippen molar-refractivity contribution in [3.63, 3.8) is 0 Å². The second kappa shape index (κ2) is 8.98. The highest BCUT2D eigenvalue weighted by molar-refractivity contribution is 5.41. The second-order valence-corrected chi connectivity index (χ2v) is 6.49. The molecule has 148 valence electrons. The summed E-state index contributed by atoms with van der Waals surface area (Å²) in [5.41, 5.74) is 2.80. The van der Waals surface area contributed by atoms with Crippen LogP contribution in [0, 0.1) is 18.3 Å². The minimum Gasteiger partial charge on any atom is -0.497 e. The Hall–Kier alpha value is -3.72. The Morgan fingerprint density at radius 1 is 0.966 bits per heavy atom. The van der Waals surface area contributed by atoms with E-state index in [0.717, 1.165) is 16.8 Å². The van der Waals surface area contributed by atoms with Crippen molar-refractivity contribution in [3.8, 4) is 23.3 Å². The highest BCUT2D eigenvalue weighted by Crippen LogP contribution is 2.25. The first kappa shape index (κ1) is 20.0. The molecule has 3 aromatic rings. The van der Waals surface area contributed by atoms with Crippen molar-refractivity contribution in [3.05, 3.63) is 87.3 Å². The van der Waals surface area contributed by atoms with Crippen molar-refractivity contribution < 1.29 is 14.2 Å². The number of pyridine rings is 1. The van der Waals surface area contributed by atoms with Crippen LogP contribution < -0.4 is 19.8 Å². The molecule has 6 nitrogen and oxygen atoms in total. The Labute approximate surface area is 169 Å². The van der Waals surface area contributed by atoms with Crippen molar-refractivity contribution in [2.75, 3.05) is 14.2 Å². The molecule has 0 amide bonds. The van der Waals surface area contributed by atoms with E-state index in [-0.39, 0.29) is 12.2 Å². The monoisotopic (exact) mass is 390 g/mol. The molecule has 0 spiro atoms. The average molecular weight is 390 g/mol. The molecular weight excluding hydrogens is 368 g/mol. The number of ether oxygens (including phenoxy) is 3. The fourth-order valence-electron chi connectivity index (χ4n) is 3.05. The van der Waals surface area contributed by atoms with E-state index in [0.29, 0.717) is 29.4 Å². The molecule has 0 atom stereocenters. The minimum atomic E-state index is -0.175. The fourth-order valence-corrected chi connectivity index (χ4v) is 3.05. The average Bonchev–Trinajstić information content (AvgIpc) is 2.75. The van der Waals surface area contributed by atoms with Gasteiger partial charge in [-0.05, 0) is 31.2 Å². The van der Waals surface area contributed by atoms with Crippen molar-refractivity contribution >= 4 is 0 Å². The van der Waals surface area contributed by atoms with Crippen molar-refractivity contribution in [1.29, 1.82) is 5.26 Å². The van der Waals surface area contributed by atoms with Gasteiger partial charge < -0.3 is 18.8 Å². The summed E-state index contributed by atoms with van der Waals surface area (Å²) >= 11 is 0. The van der Waals surface area contributed by atoms with E-state index >= 15 is 0 Å². The van der Waals surface area contributed by atoms with Gasteiger partial charge in [0.25, 0.3) is 5.56 Å². The van der Waals surface area contributed by atoms with Crippen molar-refractivity contribution in [2.24, 2.45) is 0 Å². The zero-order valence-corrected chi connectivity index (χ0v) is 16.6. The van der Waals surface area contributed by atoms with Gasteiger partial charge in [-0.3, -0.25) is 4.79 Å². The number of rotatable bonds is 7. The molecule has 0 aliphatic heterocycles. The highest BCUT2D eigenvalue weighted by atomic mass is 16.5. The summed E-state index contributed by atoms with van der Waals surface area (Å²) in [5, 5.41) is 9.18. The minimum absolute atomic E-state index is 0.175. The number of hydrogen-bond donors (Lipinski definition) is 0. The molecule has 0 fully saturated rings. The lowest BCUT2D eigenvalue weighted by molar-refractivity contribution is 0.304. The van der Waals surface area contributed by atoms with E-state index in [4.69, 9.17) is 14.2 Å². The summed E-state index contributed by atoms with van der Waals surface area (Å²) in [6.45, 7) is 2.45. The number of aromatic nitrogens is 1. The van der Waals surface area contributed by atoms with Crippen LogP contribution in [0.1, 0.15) is 22.4 Å². The third kappa shape index (κ3) is 4.58. The van der Waals surface area contributed by atoms with Crippen LogP contribution in [0.3, 0.4) is 0 Å². The maximum Gasteiger partial charge on any atom is 0.254 e. The Balaban J connectivity index is 1.81. The van der Waals surface area contributed by atoms with Gasteiger partial charge in [0.15, 0.2) is 0 Å². The van der Waals surface area contributed by atoms with E-state index in [1.807, 2.05) is 37.3 Å². The van der Waals surface area contributed by atoms with Gasteiger partial charge in [-0.15, -0.1) is 0 Å². The van der Waals surface area contributed by atoms with Crippen LogP contribution in [0.4, 0.5) is 0 Å². The summed E-state index contributed by atoms with van der Waals surface area (Å²) in [6.07, 6.45) is 0. The number of nitriles is 1. The van der Waals surface area contributed by atoms with Gasteiger partial charge in [0.2, 0.25) is 0 Å². The SMILES string of the molecule is COc1ccc(Cn2c(C)cc(OCc3ccccc3C#N)cc2=O)c(OC)c1. The van der Waals surface area contributed by atoms with E-state index < -0.39 is 0 Å². The molecule has 1 aromatic heterocycles. The van der Waals surface area contributed by atoms with Gasteiger partial charge in [0, 0.05) is 29.0 Å². The van der Waals surface area contributed by atoms with Gasteiger partial charge in [0.05, 0.1) is 32.4 Å². The molecule has 6 heteroatoms. The number of aryl methyl sites for hydroxylation is 1. The van der Waals surface area contributed by atoms with E-state index in [2.05, 4.69) is 6.07 Å². The molecule has 0 saturated heterocycles. The predicted molar refractivity (Wildman–Crippen MR) is 110 cm³/mol. The number of methoxy groups -OCH3 is 2. The summed E-state index contributed by atoms with van der Waals surface area (Å²) in [4.78, 5) is 12.7. The van der Waals surface area contributed by atoms with Gasteiger partial charge in [-0.2, -0.15) is 5.26 Å². The van der Waals surface area contributed by atoms with Crippen molar-refractivity contribution in [2.45, 2.75) is 20.1 Å². The van der Waals surface area contributed by atoms with E-state index in [9.17, 15) is 10.1 Å².